The lowest BCUT2D eigenvalue weighted by Crippen LogP contribution is -2.34. The molecule has 0 fully saturated rings. The van der Waals surface area contributed by atoms with Gasteiger partial charge in [-0.3, -0.25) is 23.4 Å². The van der Waals surface area contributed by atoms with Gasteiger partial charge in [0.15, 0.2) is 6.10 Å². The Morgan fingerprint density at radius 1 is 0.844 bits per heavy atom. The van der Waals surface area contributed by atoms with Crippen LogP contribution >= 0.6 is 7.82 Å². The standard InChI is InChI=1S/C20H38NO10P/c1-3-5-7-9-11-18(22)28-13-16(31-19(23)12-10-8-6-4-2)14-29-32(26,27)30-15-17(21)20(24)25/h16-17H,3-15,21H2,1-2H3,(H,24,25)(H,26,27). The summed E-state index contributed by atoms with van der Waals surface area (Å²) >= 11 is 0. The highest BCUT2D eigenvalue weighted by molar-refractivity contribution is 7.47. The van der Waals surface area contributed by atoms with Gasteiger partial charge in [-0.2, -0.15) is 0 Å². The van der Waals surface area contributed by atoms with Gasteiger partial charge >= 0.3 is 25.7 Å². The van der Waals surface area contributed by atoms with Crippen LogP contribution in [0.1, 0.15) is 78.1 Å². The van der Waals surface area contributed by atoms with Gasteiger partial charge in [0, 0.05) is 12.8 Å². The van der Waals surface area contributed by atoms with Crippen LogP contribution in [0.4, 0.5) is 0 Å². The van der Waals surface area contributed by atoms with E-state index in [1.165, 1.54) is 0 Å². The Labute approximate surface area is 189 Å². The summed E-state index contributed by atoms with van der Waals surface area (Å²) in [5, 5.41) is 8.69. The van der Waals surface area contributed by atoms with E-state index in [1.807, 2.05) is 6.92 Å². The molecule has 0 aliphatic heterocycles. The highest BCUT2D eigenvalue weighted by atomic mass is 31.2. The van der Waals surface area contributed by atoms with E-state index in [0.29, 0.717) is 12.8 Å². The van der Waals surface area contributed by atoms with Gasteiger partial charge in [0.1, 0.15) is 12.6 Å². The minimum Gasteiger partial charge on any atom is -0.480 e. The quantitative estimate of drug-likeness (QED) is 0.132. The summed E-state index contributed by atoms with van der Waals surface area (Å²) in [4.78, 5) is 44.3. The highest BCUT2D eigenvalue weighted by Crippen LogP contribution is 2.43. The van der Waals surface area contributed by atoms with Crippen LogP contribution in [-0.4, -0.2) is 59.9 Å². The molecule has 0 aromatic rings. The van der Waals surface area contributed by atoms with Crippen LogP contribution in [0.2, 0.25) is 0 Å². The molecule has 0 aromatic heterocycles. The normalized spacial score (nSPS) is 14.9. The van der Waals surface area contributed by atoms with Crippen molar-refractivity contribution in [1.82, 2.24) is 0 Å². The number of ether oxygens (including phenoxy) is 2. The first-order valence-corrected chi connectivity index (χ1v) is 12.6. The van der Waals surface area contributed by atoms with Gasteiger partial charge in [-0.1, -0.05) is 52.4 Å². The fraction of sp³-hybridized carbons (Fsp3) is 0.850. The summed E-state index contributed by atoms with van der Waals surface area (Å²) in [7, 11) is -4.66. The van der Waals surface area contributed by atoms with Gasteiger partial charge < -0.3 is 25.2 Å². The van der Waals surface area contributed by atoms with E-state index in [2.05, 4.69) is 11.4 Å². The lowest BCUT2D eigenvalue weighted by molar-refractivity contribution is -0.161. The van der Waals surface area contributed by atoms with Crippen molar-refractivity contribution < 1.29 is 47.5 Å². The van der Waals surface area contributed by atoms with Crippen LogP contribution in [0.25, 0.3) is 0 Å². The maximum absolute atomic E-state index is 12.1. The number of carboxylic acid groups (broad SMARTS) is 1. The van der Waals surface area contributed by atoms with Gasteiger partial charge in [0.2, 0.25) is 0 Å². The number of carbonyl (C=O) groups is 3. The van der Waals surface area contributed by atoms with Crippen molar-refractivity contribution in [3.63, 3.8) is 0 Å². The molecule has 0 aliphatic rings. The third kappa shape index (κ3) is 17.1. The molecular formula is C20H38NO10P. The Morgan fingerprint density at radius 3 is 1.91 bits per heavy atom. The second-order valence-electron chi connectivity index (χ2n) is 7.42. The maximum atomic E-state index is 12.1. The molecule has 0 bridgehead atoms. The van der Waals surface area contributed by atoms with Crippen LogP contribution in [0.5, 0.6) is 0 Å². The average molecular weight is 483 g/mol. The molecule has 0 spiro atoms. The SMILES string of the molecule is CCCCCCC(=O)OCC(COP(=O)(O)OCC(N)C(=O)O)OC(=O)CCCCCC. The molecule has 0 aliphatic carbocycles. The molecule has 4 N–H and O–H groups in total. The molecule has 3 unspecified atom stereocenters. The Hall–Kier alpha value is -1.52. The summed E-state index contributed by atoms with van der Waals surface area (Å²) in [6, 6.07) is -1.51. The van der Waals surface area contributed by atoms with E-state index < -0.39 is 51.1 Å². The Kier molecular flexibility index (Phi) is 17.1. The van der Waals surface area contributed by atoms with E-state index >= 15 is 0 Å². The first kappa shape index (κ1) is 30.5. The summed E-state index contributed by atoms with van der Waals surface area (Å²) < 4.78 is 31.6. The number of phosphoric ester groups is 1. The van der Waals surface area contributed by atoms with Crippen molar-refractivity contribution in [1.29, 1.82) is 0 Å². The van der Waals surface area contributed by atoms with E-state index in [1.54, 1.807) is 0 Å². The first-order valence-electron chi connectivity index (χ1n) is 11.1. The van der Waals surface area contributed by atoms with Gasteiger partial charge in [0.25, 0.3) is 0 Å². The fourth-order valence-electron chi connectivity index (χ4n) is 2.47. The van der Waals surface area contributed by atoms with Crippen LogP contribution in [-0.2, 0) is 37.5 Å². The molecule has 0 radical (unpaired) electrons. The topological polar surface area (TPSA) is 172 Å². The molecule has 0 aromatic carbocycles. The number of carbonyl (C=O) groups excluding carboxylic acids is 2. The van der Waals surface area contributed by atoms with E-state index in [-0.39, 0.29) is 19.4 Å². The number of nitrogens with two attached hydrogens (primary N) is 1. The predicted octanol–water partition coefficient (Wildman–Crippen LogP) is 2.93. The van der Waals surface area contributed by atoms with Crippen molar-refractivity contribution in [2.45, 2.75) is 90.2 Å². The number of carboxylic acids is 1. The Morgan fingerprint density at radius 2 is 1.38 bits per heavy atom. The molecule has 188 valence electrons. The number of esters is 2. The minimum absolute atomic E-state index is 0.155. The number of rotatable bonds is 20. The summed E-state index contributed by atoms with van der Waals surface area (Å²) in [6.07, 6.45) is 6.36. The molecule has 0 amide bonds. The number of hydrogen-bond donors (Lipinski definition) is 3. The monoisotopic (exact) mass is 483 g/mol. The van der Waals surface area contributed by atoms with E-state index in [4.69, 9.17) is 24.8 Å². The Balaban J connectivity index is 4.68. The molecule has 0 saturated carbocycles. The van der Waals surface area contributed by atoms with Crippen molar-refractivity contribution in [3.05, 3.63) is 0 Å². The largest absolute Gasteiger partial charge is 0.480 e. The zero-order valence-electron chi connectivity index (χ0n) is 19.0. The molecular weight excluding hydrogens is 445 g/mol. The van der Waals surface area contributed by atoms with E-state index in [9.17, 15) is 23.8 Å². The van der Waals surface area contributed by atoms with Gasteiger partial charge in [0.05, 0.1) is 13.2 Å². The van der Waals surface area contributed by atoms with Crippen LogP contribution in [0, 0.1) is 0 Å². The molecule has 0 heterocycles. The second-order valence-corrected chi connectivity index (χ2v) is 8.87. The van der Waals surface area contributed by atoms with Gasteiger partial charge in [-0.15, -0.1) is 0 Å². The number of phosphoric acid groups is 1. The second kappa shape index (κ2) is 18.0. The maximum Gasteiger partial charge on any atom is 0.472 e. The third-order valence-electron chi connectivity index (χ3n) is 4.36. The lowest BCUT2D eigenvalue weighted by Gasteiger charge is -2.20. The zero-order valence-corrected chi connectivity index (χ0v) is 19.9. The molecule has 32 heavy (non-hydrogen) atoms. The molecule has 12 heteroatoms. The average Bonchev–Trinajstić information content (AvgIpc) is 2.74. The number of unbranched alkanes of at least 4 members (excludes halogenated alkanes) is 6. The zero-order chi connectivity index (χ0) is 24.4. The Bertz CT molecular complexity index is 601. The molecule has 0 saturated heterocycles. The predicted molar refractivity (Wildman–Crippen MR) is 116 cm³/mol. The number of aliphatic carboxylic acids is 1. The highest BCUT2D eigenvalue weighted by Gasteiger charge is 2.28. The smallest absolute Gasteiger partial charge is 0.472 e. The third-order valence-corrected chi connectivity index (χ3v) is 5.31. The minimum atomic E-state index is -4.66. The van der Waals surface area contributed by atoms with E-state index in [0.717, 1.165) is 38.5 Å². The molecule has 3 atom stereocenters. The molecule has 0 rings (SSSR count). The van der Waals surface area contributed by atoms with Crippen LogP contribution in [0.3, 0.4) is 0 Å². The van der Waals surface area contributed by atoms with Gasteiger partial charge in [-0.05, 0) is 12.8 Å². The first-order chi connectivity index (χ1) is 15.1. The van der Waals surface area contributed by atoms with Gasteiger partial charge in [-0.25, -0.2) is 4.57 Å². The summed E-state index contributed by atoms with van der Waals surface area (Å²) in [5.41, 5.74) is 5.21. The van der Waals surface area contributed by atoms with Crippen molar-refractivity contribution in [2.24, 2.45) is 5.73 Å². The van der Waals surface area contributed by atoms with Crippen molar-refractivity contribution in [2.75, 3.05) is 19.8 Å². The fourth-order valence-corrected chi connectivity index (χ4v) is 3.25. The van der Waals surface area contributed by atoms with Crippen LogP contribution < -0.4 is 5.73 Å². The van der Waals surface area contributed by atoms with Crippen LogP contribution in [0.15, 0.2) is 0 Å². The summed E-state index contributed by atoms with van der Waals surface area (Å²) in [5.74, 6) is -2.43. The molecule has 11 nitrogen and oxygen atoms in total. The lowest BCUT2D eigenvalue weighted by atomic mass is 10.1. The summed E-state index contributed by atoms with van der Waals surface area (Å²) in [6.45, 7) is 2.42. The van der Waals surface area contributed by atoms with Crippen molar-refractivity contribution in [3.8, 4) is 0 Å². The van der Waals surface area contributed by atoms with Crippen molar-refractivity contribution >= 4 is 25.7 Å². The number of hydrogen-bond acceptors (Lipinski definition) is 9.